The molecule has 21 heavy (non-hydrogen) atoms. The zero-order chi connectivity index (χ0) is 15.2. The number of hydrogen-bond donors (Lipinski definition) is 1. The van der Waals surface area contributed by atoms with Gasteiger partial charge >= 0.3 is 0 Å². The summed E-state index contributed by atoms with van der Waals surface area (Å²) >= 11 is 5.30. The smallest absolute Gasteiger partial charge is 0.0624 e. The molecule has 2 rings (SSSR count). The molecule has 2 aromatic rings. The Kier molecular flexibility index (Phi) is 6.33. The molecule has 0 bridgehead atoms. The maximum Gasteiger partial charge on any atom is 0.0624 e. The lowest BCUT2D eigenvalue weighted by Crippen LogP contribution is -2.26. The normalized spacial score (nSPS) is 12.6. The minimum absolute atomic E-state index is 0.140. The fraction of sp³-hybridized carbons (Fsp3) is 0.438. The first-order chi connectivity index (χ1) is 10.1. The van der Waals surface area contributed by atoms with E-state index in [0.29, 0.717) is 0 Å². The average molecular weight is 368 g/mol. The van der Waals surface area contributed by atoms with Gasteiger partial charge in [0.05, 0.1) is 5.69 Å². The second-order valence-electron chi connectivity index (χ2n) is 5.03. The number of rotatable bonds is 7. The van der Waals surface area contributed by atoms with Gasteiger partial charge in [0.1, 0.15) is 0 Å². The van der Waals surface area contributed by atoms with Crippen LogP contribution in [-0.2, 0) is 19.4 Å². The summed E-state index contributed by atoms with van der Waals surface area (Å²) < 4.78 is 3.18. The van der Waals surface area contributed by atoms with Crippen molar-refractivity contribution in [3.63, 3.8) is 0 Å². The summed E-state index contributed by atoms with van der Waals surface area (Å²) in [6.45, 7) is 5.16. The van der Waals surface area contributed by atoms with Crippen LogP contribution in [0, 0.1) is 0 Å². The molecule has 1 atom stereocenters. The van der Waals surface area contributed by atoms with Gasteiger partial charge in [0.25, 0.3) is 0 Å². The molecule has 1 aromatic heterocycles. The second-order valence-corrected chi connectivity index (χ2v) is 7.04. The monoisotopic (exact) mass is 367 g/mol. The molecule has 0 spiro atoms. The molecular formula is C16H22BrN3S. The fourth-order valence-corrected chi connectivity index (χ4v) is 3.67. The molecule has 0 aliphatic rings. The second kappa shape index (κ2) is 8.01. The highest BCUT2D eigenvalue weighted by Gasteiger charge is 2.11. The van der Waals surface area contributed by atoms with Crippen molar-refractivity contribution in [2.24, 2.45) is 5.73 Å². The molecule has 0 fully saturated rings. The topological polar surface area (TPSA) is 43.8 Å². The van der Waals surface area contributed by atoms with E-state index in [1.54, 1.807) is 11.8 Å². The standard InChI is InChI=1S/C16H22BrN3S/c1-3-14-10-15(20(4-2)19-14)9-13(18)11-21-16-7-5-6-12(17)8-16/h5-8,10,13H,3-4,9,11,18H2,1-2H3. The first-order valence-corrected chi connectivity index (χ1v) is 9.09. The molecule has 1 unspecified atom stereocenters. The Labute approximate surface area is 139 Å². The lowest BCUT2D eigenvalue weighted by Gasteiger charge is -2.12. The Balaban J connectivity index is 1.92. The van der Waals surface area contributed by atoms with E-state index in [4.69, 9.17) is 5.73 Å². The zero-order valence-corrected chi connectivity index (χ0v) is 15.0. The Hall–Kier alpha value is -0.780. The Bertz CT molecular complexity index is 583. The molecule has 0 amide bonds. The number of thioether (sulfide) groups is 1. The first-order valence-electron chi connectivity index (χ1n) is 7.32. The van der Waals surface area contributed by atoms with Gasteiger partial charge < -0.3 is 5.73 Å². The molecule has 1 aromatic carbocycles. The van der Waals surface area contributed by atoms with Gasteiger partial charge in [0.2, 0.25) is 0 Å². The van der Waals surface area contributed by atoms with Crippen LogP contribution in [-0.4, -0.2) is 21.6 Å². The van der Waals surface area contributed by atoms with Crippen molar-refractivity contribution in [2.75, 3.05) is 5.75 Å². The predicted molar refractivity (Wildman–Crippen MR) is 93.8 cm³/mol. The average Bonchev–Trinajstić information content (AvgIpc) is 2.87. The molecule has 0 saturated carbocycles. The zero-order valence-electron chi connectivity index (χ0n) is 12.6. The molecule has 1 heterocycles. The van der Waals surface area contributed by atoms with E-state index in [2.05, 4.69) is 63.8 Å². The maximum atomic E-state index is 6.29. The van der Waals surface area contributed by atoms with Gasteiger partial charge in [0, 0.05) is 39.8 Å². The summed E-state index contributed by atoms with van der Waals surface area (Å²) in [7, 11) is 0. The van der Waals surface area contributed by atoms with Crippen molar-refractivity contribution in [3.05, 3.63) is 46.2 Å². The first kappa shape index (κ1) is 16.6. The van der Waals surface area contributed by atoms with Crippen LogP contribution in [0.3, 0.4) is 0 Å². The number of aromatic nitrogens is 2. The van der Waals surface area contributed by atoms with Crippen LogP contribution in [0.15, 0.2) is 39.7 Å². The van der Waals surface area contributed by atoms with E-state index in [1.165, 1.54) is 10.6 Å². The number of nitrogens with two attached hydrogens (primary N) is 1. The van der Waals surface area contributed by atoms with E-state index in [-0.39, 0.29) is 6.04 Å². The van der Waals surface area contributed by atoms with Crippen molar-refractivity contribution < 1.29 is 0 Å². The van der Waals surface area contributed by atoms with Gasteiger partial charge in [0.15, 0.2) is 0 Å². The number of nitrogens with zero attached hydrogens (tertiary/aromatic N) is 2. The van der Waals surface area contributed by atoms with E-state index in [0.717, 1.165) is 35.3 Å². The molecule has 0 aliphatic heterocycles. The number of benzene rings is 1. The van der Waals surface area contributed by atoms with Crippen LogP contribution in [0.2, 0.25) is 0 Å². The van der Waals surface area contributed by atoms with Gasteiger partial charge in [-0.3, -0.25) is 4.68 Å². The molecule has 3 nitrogen and oxygen atoms in total. The highest BCUT2D eigenvalue weighted by atomic mass is 79.9. The number of halogens is 1. The molecule has 2 N–H and O–H groups in total. The van der Waals surface area contributed by atoms with Gasteiger partial charge in [-0.25, -0.2) is 0 Å². The highest BCUT2D eigenvalue weighted by molar-refractivity contribution is 9.10. The third kappa shape index (κ3) is 4.87. The van der Waals surface area contributed by atoms with Crippen LogP contribution >= 0.6 is 27.7 Å². The van der Waals surface area contributed by atoms with Gasteiger partial charge in [-0.15, -0.1) is 11.8 Å². The number of aryl methyl sites for hydroxylation is 2. The lowest BCUT2D eigenvalue weighted by atomic mass is 10.2. The van der Waals surface area contributed by atoms with Crippen LogP contribution in [0.4, 0.5) is 0 Å². The quantitative estimate of drug-likeness (QED) is 0.754. The van der Waals surface area contributed by atoms with E-state index >= 15 is 0 Å². The summed E-state index contributed by atoms with van der Waals surface area (Å²) in [5.74, 6) is 0.910. The minimum Gasteiger partial charge on any atom is -0.327 e. The number of hydrogen-bond acceptors (Lipinski definition) is 3. The summed E-state index contributed by atoms with van der Waals surface area (Å²) in [5.41, 5.74) is 8.69. The van der Waals surface area contributed by atoms with E-state index in [1.807, 2.05) is 6.07 Å². The Morgan fingerprint density at radius 2 is 2.14 bits per heavy atom. The summed E-state index contributed by atoms with van der Waals surface area (Å²) in [5, 5.41) is 4.58. The largest absolute Gasteiger partial charge is 0.327 e. The minimum atomic E-state index is 0.140. The SMILES string of the molecule is CCc1cc(CC(N)CSc2cccc(Br)c2)n(CC)n1. The molecule has 114 valence electrons. The molecule has 5 heteroatoms. The van der Waals surface area contributed by atoms with Crippen LogP contribution < -0.4 is 5.73 Å². The van der Waals surface area contributed by atoms with Crippen molar-refractivity contribution in [3.8, 4) is 0 Å². The fourth-order valence-electron chi connectivity index (χ4n) is 2.21. The van der Waals surface area contributed by atoms with Gasteiger partial charge in [-0.2, -0.15) is 5.10 Å². The third-order valence-corrected chi connectivity index (χ3v) is 4.98. The molecule has 0 aliphatic carbocycles. The Morgan fingerprint density at radius 3 is 2.81 bits per heavy atom. The van der Waals surface area contributed by atoms with Crippen molar-refractivity contribution >= 4 is 27.7 Å². The van der Waals surface area contributed by atoms with Crippen molar-refractivity contribution in [1.82, 2.24) is 9.78 Å². The summed E-state index contributed by atoms with van der Waals surface area (Å²) in [6, 6.07) is 10.7. The predicted octanol–water partition coefficient (Wildman–Crippen LogP) is 3.89. The maximum absolute atomic E-state index is 6.29. The summed E-state index contributed by atoms with van der Waals surface area (Å²) in [4.78, 5) is 1.25. The van der Waals surface area contributed by atoms with Crippen LogP contribution in [0.25, 0.3) is 0 Å². The van der Waals surface area contributed by atoms with Gasteiger partial charge in [-0.1, -0.05) is 28.9 Å². The van der Waals surface area contributed by atoms with E-state index < -0.39 is 0 Å². The highest BCUT2D eigenvalue weighted by Crippen LogP contribution is 2.23. The van der Waals surface area contributed by atoms with Crippen LogP contribution in [0.1, 0.15) is 25.2 Å². The molecular weight excluding hydrogens is 346 g/mol. The molecule has 0 radical (unpaired) electrons. The van der Waals surface area contributed by atoms with E-state index in [9.17, 15) is 0 Å². The van der Waals surface area contributed by atoms with Gasteiger partial charge in [-0.05, 0) is 37.6 Å². The third-order valence-electron chi connectivity index (χ3n) is 3.31. The lowest BCUT2D eigenvalue weighted by molar-refractivity contribution is 0.592. The Morgan fingerprint density at radius 1 is 1.33 bits per heavy atom. The van der Waals surface area contributed by atoms with Crippen molar-refractivity contribution in [2.45, 2.75) is 44.2 Å². The molecule has 0 saturated heterocycles. The van der Waals surface area contributed by atoms with Crippen molar-refractivity contribution in [1.29, 1.82) is 0 Å². The van der Waals surface area contributed by atoms with Crippen LogP contribution in [0.5, 0.6) is 0 Å². The summed E-state index contributed by atoms with van der Waals surface area (Å²) in [6.07, 6.45) is 1.85.